The number of rotatable bonds is 2. The van der Waals surface area contributed by atoms with Crippen LogP contribution in [0.25, 0.3) is 6.08 Å². The molecule has 2 heterocycles. The first kappa shape index (κ1) is 13.3. The third-order valence-corrected chi connectivity index (χ3v) is 3.82. The highest BCUT2D eigenvalue weighted by Gasteiger charge is 2.18. The molecular formula is C15H16ClNO3. The van der Waals surface area contributed by atoms with E-state index in [9.17, 15) is 4.79 Å². The van der Waals surface area contributed by atoms with E-state index >= 15 is 0 Å². The molecule has 0 radical (unpaired) electrons. The van der Waals surface area contributed by atoms with Gasteiger partial charge in [0, 0.05) is 19.2 Å². The molecule has 3 rings (SSSR count). The summed E-state index contributed by atoms with van der Waals surface area (Å²) in [6.45, 7) is 1.89. The van der Waals surface area contributed by atoms with Crippen LogP contribution in [0.4, 0.5) is 0 Å². The number of carbonyl (C=O) groups is 1. The summed E-state index contributed by atoms with van der Waals surface area (Å²) in [5.41, 5.74) is 0.838. The number of ether oxygens (including phenoxy) is 2. The molecule has 1 aromatic carbocycles. The topological polar surface area (TPSA) is 38.8 Å². The molecular weight excluding hydrogens is 278 g/mol. The van der Waals surface area contributed by atoms with Crippen molar-refractivity contribution in [2.24, 2.45) is 0 Å². The second-order valence-corrected chi connectivity index (χ2v) is 5.36. The predicted octanol–water partition coefficient (Wildman–Crippen LogP) is 3.09. The minimum Gasteiger partial charge on any atom is -0.454 e. The van der Waals surface area contributed by atoms with Crippen molar-refractivity contribution in [2.75, 3.05) is 19.9 Å². The summed E-state index contributed by atoms with van der Waals surface area (Å²) in [6.07, 6.45) is 6.76. The number of hydrogen-bond acceptors (Lipinski definition) is 3. The molecule has 1 fully saturated rings. The van der Waals surface area contributed by atoms with Gasteiger partial charge >= 0.3 is 0 Å². The minimum absolute atomic E-state index is 0.0542. The Bertz CT molecular complexity index is 550. The van der Waals surface area contributed by atoms with Crippen LogP contribution in [0.15, 0.2) is 18.2 Å². The van der Waals surface area contributed by atoms with E-state index in [0.29, 0.717) is 16.5 Å². The summed E-state index contributed by atoms with van der Waals surface area (Å²) >= 11 is 6.10. The largest absolute Gasteiger partial charge is 0.454 e. The number of benzene rings is 1. The molecule has 0 aromatic heterocycles. The predicted molar refractivity (Wildman–Crippen MR) is 77.0 cm³/mol. The molecule has 5 heteroatoms. The van der Waals surface area contributed by atoms with E-state index < -0.39 is 0 Å². The molecule has 4 nitrogen and oxygen atoms in total. The molecule has 20 heavy (non-hydrogen) atoms. The highest BCUT2D eigenvalue weighted by Crippen LogP contribution is 2.40. The van der Waals surface area contributed by atoms with Gasteiger partial charge < -0.3 is 14.4 Å². The quantitative estimate of drug-likeness (QED) is 0.787. The number of piperidine rings is 1. The standard InChI is InChI=1S/C15H16ClNO3/c16-12-8-11(9-13-15(12)20-10-19-13)4-5-14(18)17-6-2-1-3-7-17/h4-5,8-9H,1-3,6-7,10H2/b5-4+. The first-order valence-electron chi connectivity index (χ1n) is 6.80. The fraction of sp³-hybridized carbons (Fsp3) is 0.400. The van der Waals surface area contributed by atoms with Crippen molar-refractivity contribution < 1.29 is 14.3 Å². The zero-order chi connectivity index (χ0) is 13.9. The Morgan fingerprint density at radius 3 is 2.80 bits per heavy atom. The second-order valence-electron chi connectivity index (χ2n) is 4.96. The fourth-order valence-corrected chi connectivity index (χ4v) is 2.74. The smallest absolute Gasteiger partial charge is 0.246 e. The van der Waals surface area contributed by atoms with Gasteiger partial charge in [-0.2, -0.15) is 0 Å². The van der Waals surface area contributed by atoms with Crippen LogP contribution in [0, 0.1) is 0 Å². The molecule has 106 valence electrons. The summed E-state index contributed by atoms with van der Waals surface area (Å²) in [5.74, 6) is 1.26. The molecule has 0 aliphatic carbocycles. The molecule has 0 spiro atoms. The lowest BCUT2D eigenvalue weighted by molar-refractivity contribution is -0.126. The Labute approximate surface area is 122 Å². The molecule has 1 saturated heterocycles. The van der Waals surface area contributed by atoms with E-state index in [4.69, 9.17) is 21.1 Å². The number of nitrogens with zero attached hydrogens (tertiary/aromatic N) is 1. The lowest BCUT2D eigenvalue weighted by Crippen LogP contribution is -2.34. The lowest BCUT2D eigenvalue weighted by Gasteiger charge is -2.25. The van der Waals surface area contributed by atoms with Crippen LogP contribution in [0.5, 0.6) is 11.5 Å². The number of likely N-dealkylation sites (tertiary alicyclic amines) is 1. The minimum atomic E-state index is 0.0542. The van der Waals surface area contributed by atoms with Crippen LogP contribution < -0.4 is 9.47 Å². The van der Waals surface area contributed by atoms with E-state index in [1.165, 1.54) is 6.42 Å². The zero-order valence-corrected chi connectivity index (χ0v) is 11.9. The van der Waals surface area contributed by atoms with Gasteiger partial charge in [0.2, 0.25) is 12.7 Å². The van der Waals surface area contributed by atoms with E-state index in [2.05, 4.69) is 0 Å². The maximum atomic E-state index is 12.0. The second kappa shape index (κ2) is 5.75. The van der Waals surface area contributed by atoms with Crippen LogP contribution in [-0.2, 0) is 4.79 Å². The maximum absolute atomic E-state index is 12.0. The third kappa shape index (κ3) is 2.75. The van der Waals surface area contributed by atoms with Crippen LogP contribution >= 0.6 is 11.6 Å². The van der Waals surface area contributed by atoms with Gasteiger partial charge in [-0.15, -0.1) is 0 Å². The van der Waals surface area contributed by atoms with Crippen molar-refractivity contribution >= 4 is 23.6 Å². The van der Waals surface area contributed by atoms with E-state index in [-0.39, 0.29) is 12.7 Å². The molecule has 1 aromatic rings. The van der Waals surface area contributed by atoms with Crippen LogP contribution in [0.3, 0.4) is 0 Å². The van der Waals surface area contributed by atoms with Gasteiger partial charge in [-0.3, -0.25) is 4.79 Å². The molecule has 2 aliphatic heterocycles. The highest BCUT2D eigenvalue weighted by molar-refractivity contribution is 6.32. The Balaban J connectivity index is 1.72. The maximum Gasteiger partial charge on any atom is 0.246 e. The van der Waals surface area contributed by atoms with Gasteiger partial charge in [0.05, 0.1) is 5.02 Å². The summed E-state index contributed by atoms with van der Waals surface area (Å²) in [5, 5.41) is 0.505. The Hall–Kier alpha value is -1.68. The summed E-state index contributed by atoms with van der Waals surface area (Å²) in [4.78, 5) is 13.9. The van der Waals surface area contributed by atoms with Crippen LogP contribution in [0.2, 0.25) is 5.02 Å². The van der Waals surface area contributed by atoms with Gasteiger partial charge in [0.25, 0.3) is 0 Å². The molecule has 0 saturated carbocycles. The van der Waals surface area contributed by atoms with Crippen molar-refractivity contribution in [1.29, 1.82) is 0 Å². The Morgan fingerprint density at radius 1 is 1.20 bits per heavy atom. The molecule has 0 bridgehead atoms. The Kier molecular flexibility index (Phi) is 3.83. The average molecular weight is 294 g/mol. The molecule has 0 unspecified atom stereocenters. The SMILES string of the molecule is O=C(/C=C/c1cc(Cl)c2c(c1)OCO2)N1CCCCC1. The molecule has 1 amide bonds. The van der Waals surface area contributed by atoms with Crippen molar-refractivity contribution in [3.63, 3.8) is 0 Å². The molecule has 0 atom stereocenters. The van der Waals surface area contributed by atoms with E-state index in [1.807, 2.05) is 11.0 Å². The monoisotopic (exact) mass is 293 g/mol. The number of hydrogen-bond donors (Lipinski definition) is 0. The first-order chi connectivity index (χ1) is 9.74. The number of amides is 1. The number of fused-ring (bicyclic) bond motifs is 1. The van der Waals surface area contributed by atoms with Crippen molar-refractivity contribution in [2.45, 2.75) is 19.3 Å². The summed E-state index contributed by atoms with van der Waals surface area (Å²) in [6, 6.07) is 3.60. The average Bonchev–Trinajstić information content (AvgIpc) is 2.94. The molecule has 0 N–H and O–H groups in total. The van der Waals surface area contributed by atoms with Gasteiger partial charge in [-0.1, -0.05) is 11.6 Å². The van der Waals surface area contributed by atoms with Gasteiger partial charge in [0.15, 0.2) is 11.5 Å². The van der Waals surface area contributed by atoms with Crippen molar-refractivity contribution in [1.82, 2.24) is 4.90 Å². The van der Waals surface area contributed by atoms with Crippen LogP contribution in [-0.4, -0.2) is 30.7 Å². The van der Waals surface area contributed by atoms with Crippen molar-refractivity contribution in [3.8, 4) is 11.5 Å². The van der Waals surface area contributed by atoms with Gasteiger partial charge in [0.1, 0.15) is 0 Å². The first-order valence-corrected chi connectivity index (χ1v) is 7.18. The van der Waals surface area contributed by atoms with E-state index in [0.717, 1.165) is 31.5 Å². The number of carbonyl (C=O) groups excluding carboxylic acids is 1. The normalized spacial score (nSPS) is 17.8. The van der Waals surface area contributed by atoms with Crippen LogP contribution in [0.1, 0.15) is 24.8 Å². The number of halogens is 1. The third-order valence-electron chi connectivity index (χ3n) is 3.54. The van der Waals surface area contributed by atoms with Gasteiger partial charge in [-0.05, 0) is 43.0 Å². The van der Waals surface area contributed by atoms with E-state index in [1.54, 1.807) is 18.2 Å². The van der Waals surface area contributed by atoms with Crippen molar-refractivity contribution in [3.05, 3.63) is 28.8 Å². The Morgan fingerprint density at radius 2 is 2.00 bits per heavy atom. The summed E-state index contributed by atoms with van der Waals surface area (Å²) < 4.78 is 10.6. The fourth-order valence-electron chi connectivity index (χ4n) is 2.47. The lowest BCUT2D eigenvalue weighted by atomic mass is 10.1. The molecule has 2 aliphatic rings. The highest BCUT2D eigenvalue weighted by atomic mass is 35.5. The summed E-state index contributed by atoms with van der Waals surface area (Å²) in [7, 11) is 0. The van der Waals surface area contributed by atoms with Gasteiger partial charge in [-0.25, -0.2) is 0 Å². The zero-order valence-electron chi connectivity index (χ0n) is 11.1.